The van der Waals surface area contributed by atoms with Crippen LogP contribution in [0.3, 0.4) is 0 Å². The molecule has 1 N–H and O–H groups in total. The second-order valence-corrected chi connectivity index (χ2v) is 2.55. The fraction of sp³-hybridized carbons (Fsp3) is 0.375. The van der Waals surface area contributed by atoms with E-state index >= 15 is 0 Å². The summed E-state index contributed by atoms with van der Waals surface area (Å²) in [5.74, 6) is 0. The SMILES string of the molecule is CCN1NCc2ncccc21. The quantitative estimate of drug-likeness (QED) is 0.643. The standard InChI is InChI=1S/C8H11N3/c1-2-11-8-4-3-5-9-7(8)6-10-11/h3-5,10H,2,6H2,1H3. The summed E-state index contributed by atoms with van der Waals surface area (Å²) in [6, 6.07) is 4.06. The molecule has 1 aliphatic heterocycles. The van der Waals surface area contributed by atoms with Crippen molar-refractivity contribution in [2.24, 2.45) is 0 Å². The van der Waals surface area contributed by atoms with Crippen molar-refractivity contribution in [2.75, 3.05) is 11.6 Å². The summed E-state index contributed by atoms with van der Waals surface area (Å²) in [7, 11) is 0. The zero-order valence-electron chi connectivity index (χ0n) is 6.54. The third-order valence-corrected chi connectivity index (χ3v) is 1.91. The Balaban J connectivity index is 2.39. The predicted molar refractivity (Wildman–Crippen MR) is 44.1 cm³/mol. The van der Waals surface area contributed by atoms with Crippen LogP contribution < -0.4 is 10.4 Å². The highest BCUT2D eigenvalue weighted by atomic mass is 15.5. The van der Waals surface area contributed by atoms with Gasteiger partial charge in [0.1, 0.15) is 0 Å². The molecule has 0 aromatic carbocycles. The lowest BCUT2D eigenvalue weighted by Crippen LogP contribution is -2.31. The Kier molecular flexibility index (Phi) is 1.51. The normalized spacial score (nSPS) is 15.2. The van der Waals surface area contributed by atoms with Crippen LogP contribution in [0.1, 0.15) is 12.6 Å². The lowest BCUT2D eigenvalue weighted by atomic mass is 10.3. The summed E-state index contributed by atoms with van der Waals surface area (Å²) in [5, 5.41) is 2.11. The molecular weight excluding hydrogens is 138 g/mol. The van der Waals surface area contributed by atoms with Crippen LogP contribution in [0.2, 0.25) is 0 Å². The first-order valence-electron chi connectivity index (χ1n) is 3.86. The first-order chi connectivity index (χ1) is 5.42. The minimum absolute atomic E-state index is 0.865. The molecule has 1 aliphatic rings. The smallest absolute Gasteiger partial charge is 0.0807 e. The molecule has 11 heavy (non-hydrogen) atoms. The van der Waals surface area contributed by atoms with E-state index in [0.29, 0.717) is 0 Å². The highest BCUT2D eigenvalue weighted by Crippen LogP contribution is 2.21. The number of rotatable bonds is 1. The van der Waals surface area contributed by atoms with E-state index in [-0.39, 0.29) is 0 Å². The van der Waals surface area contributed by atoms with E-state index in [4.69, 9.17) is 0 Å². The van der Waals surface area contributed by atoms with Crippen LogP contribution in [0, 0.1) is 0 Å². The molecule has 2 heterocycles. The average molecular weight is 149 g/mol. The van der Waals surface area contributed by atoms with Gasteiger partial charge in [-0.1, -0.05) is 0 Å². The highest BCUT2D eigenvalue weighted by molar-refractivity contribution is 5.52. The second-order valence-electron chi connectivity index (χ2n) is 2.55. The number of hydrazine groups is 1. The summed E-state index contributed by atoms with van der Waals surface area (Å²) < 4.78 is 0. The number of anilines is 1. The van der Waals surface area contributed by atoms with Gasteiger partial charge < -0.3 is 5.01 Å². The van der Waals surface area contributed by atoms with Gasteiger partial charge in [0.15, 0.2) is 0 Å². The van der Waals surface area contributed by atoms with E-state index in [1.165, 1.54) is 5.69 Å². The van der Waals surface area contributed by atoms with Crippen LogP contribution in [0.4, 0.5) is 5.69 Å². The highest BCUT2D eigenvalue weighted by Gasteiger charge is 2.16. The zero-order valence-corrected chi connectivity index (χ0v) is 6.54. The molecule has 0 radical (unpaired) electrons. The molecular formula is C8H11N3. The minimum atomic E-state index is 0.865. The van der Waals surface area contributed by atoms with Crippen molar-refractivity contribution in [1.82, 2.24) is 10.4 Å². The monoisotopic (exact) mass is 149 g/mol. The van der Waals surface area contributed by atoms with Crippen LogP contribution in [-0.2, 0) is 6.54 Å². The van der Waals surface area contributed by atoms with Gasteiger partial charge in [0.05, 0.1) is 17.9 Å². The van der Waals surface area contributed by atoms with Gasteiger partial charge in [0, 0.05) is 12.7 Å². The van der Waals surface area contributed by atoms with E-state index in [1.54, 1.807) is 0 Å². The van der Waals surface area contributed by atoms with Gasteiger partial charge in [-0.2, -0.15) is 0 Å². The van der Waals surface area contributed by atoms with Crippen molar-refractivity contribution in [3.05, 3.63) is 24.0 Å². The number of pyridine rings is 1. The van der Waals surface area contributed by atoms with Gasteiger partial charge in [-0.05, 0) is 19.1 Å². The molecule has 0 unspecified atom stereocenters. The van der Waals surface area contributed by atoms with Crippen LogP contribution in [0.15, 0.2) is 18.3 Å². The Morgan fingerprint density at radius 2 is 2.64 bits per heavy atom. The van der Waals surface area contributed by atoms with Gasteiger partial charge in [-0.3, -0.25) is 4.98 Å². The van der Waals surface area contributed by atoms with E-state index < -0.39 is 0 Å². The van der Waals surface area contributed by atoms with Crippen molar-refractivity contribution in [2.45, 2.75) is 13.5 Å². The maximum Gasteiger partial charge on any atom is 0.0807 e. The topological polar surface area (TPSA) is 28.2 Å². The van der Waals surface area contributed by atoms with E-state index in [0.717, 1.165) is 18.8 Å². The second kappa shape index (κ2) is 2.51. The molecule has 2 rings (SSSR count). The van der Waals surface area contributed by atoms with Crippen molar-refractivity contribution >= 4 is 5.69 Å². The lowest BCUT2D eigenvalue weighted by molar-refractivity contribution is 0.684. The largest absolute Gasteiger partial charge is 0.306 e. The molecule has 0 saturated heterocycles. The fourth-order valence-corrected chi connectivity index (χ4v) is 1.35. The van der Waals surface area contributed by atoms with Crippen molar-refractivity contribution in [3.63, 3.8) is 0 Å². The van der Waals surface area contributed by atoms with Crippen LogP contribution in [0.25, 0.3) is 0 Å². The molecule has 0 saturated carbocycles. The molecule has 0 aliphatic carbocycles. The van der Waals surface area contributed by atoms with Gasteiger partial charge in [-0.15, -0.1) is 0 Å². The fourth-order valence-electron chi connectivity index (χ4n) is 1.35. The summed E-state index contributed by atoms with van der Waals surface area (Å²) in [5.41, 5.74) is 5.61. The average Bonchev–Trinajstić information content (AvgIpc) is 2.47. The maximum atomic E-state index is 4.25. The number of nitrogens with one attached hydrogen (secondary N) is 1. The van der Waals surface area contributed by atoms with Gasteiger partial charge in [-0.25, -0.2) is 5.43 Å². The molecule has 3 nitrogen and oxygen atoms in total. The number of hydrogen-bond acceptors (Lipinski definition) is 3. The third-order valence-electron chi connectivity index (χ3n) is 1.91. The first kappa shape index (κ1) is 6.61. The molecule has 1 aromatic heterocycles. The van der Waals surface area contributed by atoms with Crippen molar-refractivity contribution in [3.8, 4) is 0 Å². The predicted octanol–water partition coefficient (Wildman–Crippen LogP) is 0.926. The summed E-state index contributed by atoms with van der Waals surface area (Å²) >= 11 is 0. The van der Waals surface area contributed by atoms with Gasteiger partial charge >= 0.3 is 0 Å². The molecule has 0 bridgehead atoms. The first-order valence-corrected chi connectivity index (χ1v) is 3.86. The Hall–Kier alpha value is -1.09. The third kappa shape index (κ3) is 0.973. The Morgan fingerprint density at radius 3 is 3.45 bits per heavy atom. The maximum absolute atomic E-state index is 4.25. The van der Waals surface area contributed by atoms with Gasteiger partial charge in [0.2, 0.25) is 0 Å². The molecule has 58 valence electrons. The summed E-state index contributed by atoms with van der Waals surface area (Å²) in [6.45, 7) is 3.97. The van der Waals surface area contributed by atoms with E-state index in [2.05, 4.69) is 28.4 Å². The Morgan fingerprint density at radius 1 is 1.73 bits per heavy atom. The van der Waals surface area contributed by atoms with Crippen molar-refractivity contribution < 1.29 is 0 Å². The van der Waals surface area contributed by atoms with Gasteiger partial charge in [0.25, 0.3) is 0 Å². The number of fused-ring (bicyclic) bond motifs is 1. The van der Waals surface area contributed by atoms with Crippen LogP contribution in [-0.4, -0.2) is 11.5 Å². The summed E-state index contributed by atoms with van der Waals surface area (Å²) in [4.78, 5) is 4.25. The van der Waals surface area contributed by atoms with Crippen LogP contribution in [0.5, 0.6) is 0 Å². The van der Waals surface area contributed by atoms with Crippen LogP contribution >= 0.6 is 0 Å². The van der Waals surface area contributed by atoms with E-state index in [9.17, 15) is 0 Å². The number of hydrogen-bond donors (Lipinski definition) is 1. The Bertz CT molecular complexity index is 259. The molecule has 0 atom stereocenters. The molecule has 0 amide bonds. The molecule has 3 heteroatoms. The summed E-state index contributed by atoms with van der Waals surface area (Å²) in [6.07, 6.45) is 1.83. The Labute approximate surface area is 66.0 Å². The lowest BCUT2D eigenvalue weighted by Gasteiger charge is -2.15. The minimum Gasteiger partial charge on any atom is -0.306 e. The molecule has 0 fully saturated rings. The molecule has 0 spiro atoms. The molecule has 1 aromatic rings. The number of aromatic nitrogens is 1. The number of nitrogens with zero attached hydrogens (tertiary/aromatic N) is 2. The van der Waals surface area contributed by atoms with Crippen molar-refractivity contribution in [1.29, 1.82) is 0 Å². The van der Waals surface area contributed by atoms with E-state index in [1.807, 2.05) is 12.3 Å². The zero-order chi connectivity index (χ0) is 7.68.